The van der Waals surface area contributed by atoms with Crippen molar-refractivity contribution in [1.29, 1.82) is 5.26 Å². The summed E-state index contributed by atoms with van der Waals surface area (Å²) in [6, 6.07) is 10.0. The average Bonchev–Trinajstić information content (AvgIpc) is 2.40. The van der Waals surface area contributed by atoms with Gasteiger partial charge in [-0.25, -0.2) is 9.97 Å². The van der Waals surface area contributed by atoms with Crippen molar-refractivity contribution in [2.45, 2.75) is 19.4 Å². The van der Waals surface area contributed by atoms with Crippen molar-refractivity contribution in [2.75, 3.05) is 5.32 Å². The Balaban J connectivity index is 2.25. The number of hydrogen-bond donors (Lipinski definition) is 1. The minimum absolute atomic E-state index is 0.447. The van der Waals surface area contributed by atoms with Gasteiger partial charge in [0.2, 0.25) is 5.95 Å². The molecule has 4 nitrogen and oxygen atoms in total. The highest BCUT2D eigenvalue weighted by Gasteiger charge is 2.17. The molecule has 0 amide bonds. The first-order valence-electron chi connectivity index (χ1n) is 5.78. The van der Waals surface area contributed by atoms with Gasteiger partial charge in [-0.15, -0.1) is 0 Å². The molecule has 0 bridgehead atoms. The van der Waals surface area contributed by atoms with Crippen LogP contribution < -0.4 is 5.32 Å². The van der Waals surface area contributed by atoms with Crippen molar-refractivity contribution < 1.29 is 0 Å². The summed E-state index contributed by atoms with van der Waals surface area (Å²) in [4.78, 5) is 8.47. The number of nitriles is 1. The van der Waals surface area contributed by atoms with Gasteiger partial charge in [0.05, 0.1) is 6.07 Å². The summed E-state index contributed by atoms with van der Waals surface area (Å²) in [6.45, 7) is 3.55. The molecule has 96 valence electrons. The molecular formula is C14H13BrN4. The topological polar surface area (TPSA) is 61.6 Å². The van der Waals surface area contributed by atoms with Crippen LogP contribution in [0, 0.1) is 11.3 Å². The molecule has 1 heterocycles. The molecule has 2 rings (SSSR count). The van der Waals surface area contributed by atoms with Gasteiger partial charge in [-0.1, -0.05) is 34.1 Å². The van der Waals surface area contributed by atoms with Crippen LogP contribution in [0.1, 0.15) is 13.8 Å². The van der Waals surface area contributed by atoms with Gasteiger partial charge >= 0.3 is 0 Å². The Morgan fingerprint density at radius 2 is 1.84 bits per heavy atom. The Morgan fingerprint density at radius 3 is 2.42 bits per heavy atom. The van der Waals surface area contributed by atoms with E-state index in [1.165, 1.54) is 0 Å². The number of benzene rings is 1. The average molecular weight is 317 g/mol. The third-order valence-corrected chi connectivity index (χ3v) is 3.23. The molecule has 1 N–H and O–H groups in total. The zero-order valence-corrected chi connectivity index (χ0v) is 12.3. The summed E-state index contributed by atoms with van der Waals surface area (Å²) in [7, 11) is 0. The Morgan fingerprint density at radius 1 is 1.21 bits per heavy atom. The highest BCUT2D eigenvalue weighted by molar-refractivity contribution is 9.10. The lowest BCUT2D eigenvalue weighted by atomic mass is 10.1. The fraction of sp³-hybridized carbons (Fsp3) is 0.214. The predicted octanol–water partition coefficient (Wildman–Crippen LogP) is 3.62. The molecule has 0 saturated heterocycles. The van der Waals surface area contributed by atoms with Gasteiger partial charge in [-0.2, -0.15) is 5.26 Å². The lowest BCUT2D eigenvalue weighted by Crippen LogP contribution is -2.29. The first-order chi connectivity index (χ1) is 9.02. The van der Waals surface area contributed by atoms with Crippen LogP contribution in [0.2, 0.25) is 0 Å². The molecule has 1 aromatic carbocycles. The molecule has 0 aliphatic carbocycles. The largest absolute Gasteiger partial charge is 0.336 e. The van der Waals surface area contributed by atoms with Crippen molar-refractivity contribution in [2.24, 2.45) is 0 Å². The maximum absolute atomic E-state index is 8.95. The van der Waals surface area contributed by atoms with Crippen LogP contribution in [0.5, 0.6) is 0 Å². The number of halogens is 1. The summed E-state index contributed by atoms with van der Waals surface area (Å²) in [6.07, 6.45) is 3.48. The summed E-state index contributed by atoms with van der Waals surface area (Å²) in [5.74, 6) is 0.447. The first-order valence-corrected chi connectivity index (χ1v) is 6.57. The van der Waals surface area contributed by atoms with Crippen LogP contribution >= 0.6 is 15.9 Å². The molecular weight excluding hydrogens is 304 g/mol. The molecule has 0 radical (unpaired) electrons. The standard InChI is InChI=1S/C14H13BrN4/c1-14(2,9-16)19-13-17-7-10(8-18-13)11-5-3-4-6-12(11)15/h3-8H,1-2H3,(H,17,18,19). The molecule has 0 atom stereocenters. The third-order valence-electron chi connectivity index (χ3n) is 2.54. The van der Waals surface area contributed by atoms with Crippen LogP contribution in [0.3, 0.4) is 0 Å². The van der Waals surface area contributed by atoms with Gasteiger partial charge in [0, 0.05) is 22.4 Å². The number of nitrogens with one attached hydrogen (secondary N) is 1. The molecule has 19 heavy (non-hydrogen) atoms. The second kappa shape index (κ2) is 5.37. The highest BCUT2D eigenvalue weighted by atomic mass is 79.9. The smallest absolute Gasteiger partial charge is 0.223 e. The van der Waals surface area contributed by atoms with Crippen LogP contribution in [-0.4, -0.2) is 15.5 Å². The molecule has 0 aliphatic heterocycles. The second-order valence-corrected chi connectivity index (χ2v) is 5.49. The monoisotopic (exact) mass is 316 g/mol. The number of nitrogens with zero attached hydrogens (tertiary/aromatic N) is 3. The number of aromatic nitrogens is 2. The number of hydrogen-bond acceptors (Lipinski definition) is 4. The molecule has 0 fully saturated rings. The van der Waals surface area contributed by atoms with Gasteiger partial charge in [0.1, 0.15) is 5.54 Å². The maximum Gasteiger partial charge on any atom is 0.223 e. The molecule has 0 spiro atoms. The van der Waals surface area contributed by atoms with Crippen molar-refractivity contribution in [3.05, 3.63) is 41.1 Å². The zero-order chi connectivity index (χ0) is 13.9. The van der Waals surface area contributed by atoms with Crippen molar-refractivity contribution >= 4 is 21.9 Å². The molecule has 5 heteroatoms. The van der Waals surface area contributed by atoms with E-state index in [-0.39, 0.29) is 0 Å². The van der Waals surface area contributed by atoms with Crippen LogP contribution in [0.4, 0.5) is 5.95 Å². The fourth-order valence-corrected chi connectivity index (χ4v) is 2.05. The minimum Gasteiger partial charge on any atom is -0.336 e. The Labute approximate surface area is 120 Å². The van der Waals surface area contributed by atoms with E-state index < -0.39 is 5.54 Å². The second-order valence-electron chi connectivity index (χ2n) is 4.64. The lowest BCUT2D eigenvalue weighted by molar-refractivity contribution is 0.717. The number of anilines is 1. The van der Waals surface area contributed by atoms with Gasteiger partial charge in [0.25, 0.3) is 0 Å². The Bertz CT molecular complexity index is 614. The fourth-order valence-electron chi connectivity index (χ4n) is 1.53. The van der Waals surface area contributed by atoms with E-state index in [1.807, 2.05) is 24.3 Å². The Kier molecular flexibility index (Phi) is 3.82. The van der Waals surface area contributed by atoms with Crippen LogP contribution in [-0.2, 0) is 0 Å². The predicted molar refractivity (Wildman–Crippen MR) is 78.5 cm³/mol. The summed E-state index contributed by atoms with van der Waals surface area (Å²) in [5, 5.41) is 11.9. The molecule has 1 aromatic heterocycles. The van der Waals surface area contributed by atoms with Gasteiger partial charge in [0.15, 0.2) is 0 Å². The Hall–Kier alpha value is -1.93. The van der Waals surface area contributed by atoms with Crippen LogP contribution in [0.15, 0.2) is 41.1 Å². The summed E-state index contributed by atoms with van der Waals surface area (Å²) >= 11 is 3.50. The third kappa shape index (κ3) is 3.30. The van der Waals surface area contributed by atoms with E-state index in [0.29, 0.717) is 5.95 Å². The molecule has 0 unspecified atom stereocenters. The van der Waals surface area contributed by atoms with E-state index in [4.69, 9.17) is 5.26 Å². The van der Waals surface area contributed by atoms with Gasteiger partial charge in [-0.05, 0) is 25.5 Å². The summed E-state index contributed by atoms with van der Waals surface area (Å²) < 4.78 is 0.997. The zero-order valence-electron chi connectivity index (χ0n) is 10.7. The minimum atomic E-state index is -0.686. The lowest BCUT2D eigenvalue weighted by Gasteiger charge is -2.17. The van der Waals surface area contributed by atoms with Crippen molar-refractivity contribution in [1.82, 2.24) is 9.97 Å². The van der Waals surface area contributed by atoms with E-state index in [0.717, 1.165) is 15.6 Å². The number of rotatable bonds is 3. The van der Waals surface area contributed by atoms with E-state index in [9.17, 15) is 0 Å². The first kappa shape index (κ1) is 13.5. The maximum atomic E-state index is 8.95. The van der Waals surface area contributed by atoms with Crippen LogP contribution in [0.25, 0.3) is 11.1 Å². The molecule has 0 saturated carbocycles. The quantitative estimate of drug-likeness (QED) is 0.939. The van der Waals surface area contributed by atoms with E-state index in [1.54, 1.807) is 26.2 Å². The van der Waals surface area contributed by atoms with Crippen molar-refractivity contribution in [3.63, 3.8) is 0 Å². The van der Waals surface area contributed by atoms with E-state index in [2.05, 4.69) is 37.3 Å². The molecule has 0 aliphatic rings. The SMILES string of the molecule is CC(C)(C#N)Nc1ncc(-c2ccccc2Br)cn1. The van der Waals surface area contributed by atoms with Gasteiger partial charge < -0.3 is 5.32 Å². The van der Waals surface area contributed by atoms with Gasteiger partial charge in [-0.3, -0.25) is 0 Å². The summed E-state index contributed by atoms with van der Waals surface area (Å²) in [5.41, 5.74) is 1.27. The molecule has 2 aromatic rings. The van der Waals surface area contributed by atoms with E-state index >= 15 is 0 Å². The van der Waals surface area contributed by atoms with Crippen molar-refractivity contribution in [3.8, 4) is 17.2 Å². The normalized spacial score (nSPS) is 10.8. The highest BCUT2D eigenvalue weighted by Crippen LogP contribution is 2.27.